The molecule has 6 heteroatoms. The van der Waals surface area contributed by atoms with Gasteiger partial charge in [-0.3, -0.25) is 4.98 Å². The molecule has 1 heterocycles. The molecule has 0 atom stereocenters. The van der Waals surface area contributed by atoms with Crippen molar-refractivity contribution in [2.45, 2.75) is 13.1 Å². The highest BCUT2D eigenvalue weighted by Gasteiger charge is 2.34. The number of anilines is 1. The SMILES string of the molecule is CCNc1ccnc(-c2ccc(F)c(C(F)(F)F)c2)c1. The summed E-state index contributed by atoms with van der Waals surface area (Å²) in [5, 5.41) is 3.04. The van der Waals surface area contributed by atoms with Crippen molar-refractivity contribution < 1.29 is 17.6 Å². The van der Waals surface area contributed by atoms with Crippen LogP contribution in [-0.4, -0.2) is 11.5 Å². The van der Waals surface area contributed by atoms with Crippen molar-refractivity contribution in [2.24, 2.45) is 0 Å². The number of benzene rings is 1. The fourth-order valence-electron chi connectivity index (χ4n) is 1.80. The monoisotopic (exact) mass is 284 g/mol. The molecule has 0 saturated carbocycles. The van der Waals surface area contributed by atoms with Crippen LogP contribution in [0.4, 0.5) is 23.2 Å². The van der Waals surface area contributed by atoms with Crippen LogP contribution in [0.1, 0.15) is 12.5 Å². The van der Waals surface area contributed by atoms with Gasteiger partial charge >= 0.3 is 6.18 Å². The summed E-state index contributed by atoms with van der Waals surface area (Å²) in [6.45, 7) is 2.58. The molecule has 0 fully saturated rings. The number of nitrogens with zero attached hydrogens (tertiary/aromatic N) is 1. The third kappa shape index (κ3) is 3.07. The second-order valence-corrected chi connectivity index (χ2v) is 4.15. The van der Waals surface area contributed by atoms with E-state index >= 15 is 0 Å². The third-order valence-electron chi connectivity index (χ3n) is 2.71. The van der Waals surface area contributed by atoms with Crippen LogP contribution in [0.5, 0.6) is 0 Å². The van der Waals surface area contributed by atoms with Crippen LogP contribution in [0.15, 0.2) is 36.5 Å². The van der Waals surface area contributed by atoms with Crippen molar-refractivity contribution in [1.82, 2.24) is 4.98 Å². The van der Waals surface area contributed by atoms with Gasteiger partial charge in [0.25, 0.3) is 0 Å². The second-order valence-electron chi connectivity index (χ2n) is 4.15. The lowest BCUT2D eigenvalue weighted by molar-refractivity contribution is -0.139. The van der Waals surface area contributed by atoms with Gasteiger partial charge in [0.05, 0.1) is 11.3 Å². The summed E-state index contributed by atoms with van der Waals surface area (Å²) in [7, 11) is 0. The van der Waals surface area contributed by atoms with Crippen molar-refractivity contribution in [3.8, 4) is 11.3 Å². The average Bonchev–Trinajstić information content (AvgIpc) is 2.38. The maximum atomic E-state index is 13.2. The number of alkyl halides is 3. The molecular weight excluding hydrogens is 272 g/mol. The minimum atomic E-state index is -4.72. The summed E-state index contributed by atoms with van der Waals surface area (Å²) in [6.07, 6.45) is -3.23. The Morgan fingerprint density at radius 1 is 1.15 bits per heavy atom. The molecule has 106 valence electrons. The molecule has 0 aliphatic heterocycles. The zero-order valence-corrected chi connectivity index (χ0v) is 10.6. The second kappa shape index (κ2) is 5.48. The van der Waals surface area contributed by atoms with Crippen LogP contribution in [0.25, 0.3) is 11.3 Å². The number of aromatic nitrogens is 1. The molecule has 0 saturated heterocycles. The quantitative estimate of drug-likeness (QED) is 0.848. The van der Waals surface area contributed by atoms with Crippen molar-refractivity contribution in [1.29, 1.82) is 0 Å². The van der Waals surface area contributed by atoms with Crippen molar-refractivity contribution >= 4 is 5.69 Å². The standard InChI is InChI=1S/C14H12F4N2/c1-2-19-10-5-6-20-13(8-10)9-3-4-12(15)11(7-9)14(16,17)18/h3-8H,2H2,1H3,(H,19,20). The van der Waals surface area contributed by atoms with Gasteiger partial charge in [-0.15, -0.1) is 0 Å². The molecule has 1 aromatic heterocycles. The first-order valence-corrected chi connectivity index (χ1v) is 5.99. The number of pyridine rings is 1. The molecule has 0 aliphatic rings. The maximum absolute atomic E-state index is 13.2. The van der Waals surface area contributed by atoms with E-state index in [2.05, 4.69) is 10.3 Å². The van der Waals surface area contributed by atoms with Gasteiger partial charge in [-0.1, -0.05) is 0 Å². The smallest absolute Gasteiger partial charge is 0.385 e. The van der Waals surface area contributed by atoms with Crippen LogP contribution in [0, 0.1) is 5.82 Å². The van der Waals surface area contributed by atoms with Gasteiger partial charge in [0.1, 0.15) is 5.82 Å². The number of rotatable bonds is 3. The first-order chi connectivity index (χ1) is 9.41. The summed E-state index contributed by atoms with van der Waals surface area (Å²) in [5.74, 6) is -1.29. The van der Waals surface area contributed by atoms with Gasteiger partial charge in [0, 0.05) is 24.0 Å². The maximum Gasteiger partial charge on any atom is 0.419 e. The van der Waals surface area contributed by atoms with Gasteiger partial charge in [-0.2, -0.15) is 13.2 Å². The van der Waals surface area contributed by atoms with Crippen LogP contribution in [0.2, 0.25) is 0 Å². The molecule has 0 unspecified atom stereocenters. The molecule has 0 radical (unpaired) electrons. The number of nitrogens with one attached hydrogen (secondary N) is 1. The molecule has 0 spiro atoms. The molecule has 2 rings (SSSR count). The largest absolute Gasteiger partial charge is 0.419 e. The van der Waals surface area contributed by atoms with Crippen LogP contribution >= 0.6 is 0 Å². The van der Waals surface area contributed by atoms with Gasteiger partial charge in [0.2, 0.25) is 0 Å². The molecule has 0 bridgehead atoms. The zero-order chi connectivity index (χ0) is 14.8. The van der Waals surface area contributed by atoms with Gasteiger partial charge in [-0.25, -0.2) is 4.39 Å². The number of halogens is 4. The summed E-state index contributed by atoms with van der Waals surface area (Å²) in [6, 6.07) is 6.19. The Kier molecular flexibility index (Phi) is 3.92. The molecule has 2 aromatic rings. The highest BCUT2D eigenvalue weighted by molar-refractivity contribution is 5.64. The van der Waals surface area contributed by atoms with E-state index in [1.165, 1.54) is 12.3 Å². The van der Waals surface area contributed by atoms with E-state index in [1.54, 1.807) is 12.1 Å². The highest BCUT2D eigenvalue weighted by atomic mass is 19.4. The third-order valence-corrected chi connectivity index (χ3v) is 2.71. The van der Waals surface area contributed by atoms with Gasteiger partial charge in [0.15, 0.2) is 0 Å². The molecular formula is C14H12F4N2. The van der Waals surface area contributed by atoms with E-state index in [-0.39, 0.29) is 5.56 Å². The van der Waals surface area contributed by atoms with E-state index in [4.69, 9.17) is 0 Å². The first-order valence-electron chi connectivity index (χ1n) is 5.99. The Balaban J connectivity index is 2.45. The molecule has 1 aromatic carbocycles. The summed E-state index contributed by atoms with van der Waals surface area (Å²) in [4.78, 5) is 4.01. The fourth-order valence-corrected chi connectivity index (χ4v) is 1.80. The van der Waals surface area contributed by atoms with E-state index in [9.17, 15) is 17.6 Å². The van der Waals surface area contributed by atoms with Crippen LogP contribution < -0.4 is 5.32 Å². The van der Waals surface area contributed by atoms with E-state index in [0.29, 0.717) is 12.2 Å². The molecule has 2 nitrogen and oxygen atoms in total. The fraction of sp³-hybridized carbons (Fsp3) is 0.214. The topological polar surface area (TPSA) is 24.9 Å². The number of hydrogen-bond donors (Lipinski definition) is 1. The lowest BCUT2D eigenvalue weighted by Crippen LogP contribution is -2.08. The summed E-state index contributed by atoms with van der Waals surface area (Å²) >= 11 is 0. The predicted molar refractivity (Wildman–Crippen MR) is 68.8 cm³/mol. The minimum Gasteiger partial charge on any atom is -0.385 e. The summed E-state index contributed by atoms with van der Waals surface area (Å²) < 4.78 is 51.2. The Hall–Kier alpha value is -2.11. The van der Waals surface area contributed by atoms with E-state index in [0.717, 1.165) is 17.8 Å². The Morgan fingerprint density at radius 3 is 2.55 bits per heavy atom. The first kappa shape index (κ1) is 14.3. The van der Waals surface area contributed by atoms with Crippen LogP contribution in [0.3, 0.4) is 0 Å². The lowest BCUT2D eigenvalue weighted by Gasteiger charge is -2.10. The normalized spacial score (nSPS) is 11.4. The highest BCUT2D eigenvalue weighted by Crippen LogP contribution is 2.34. The predicted octanol–water partition coefficient (Wildman–Crippen LogP) is 4.34. The Bertz CT molecular complexity index is 608. The van der Waals surface area contributed by atoms with Crippen molar-refractivity contribution in [2.75, 3.05) is 11.9 Å². The Morgan fingerprint density at radius 2 is 1.90 bits per heavy atom. The van der Waals surface area contributed by atoms with Crippen LogP contribution in [-0.2, 0) is 6.18 Å². The average molecular weight is 284 g/mol. The number of hydrogen-bond acceptors (Lipinski definition) is 2. The van der Waals surface area contributed by atoms with Crippen molar-refractivity contribution in [3.63, 3.8) is 0 Å². The van der Waals surface area contributed by atoms with E-state index in [1.807, 2.05) is 6.92 Å². The molecule has 1 N–H and O–H groups in total. The molecule has 0 amide bonds. The molecule has 20 heavy (non-hydrogen) atoms. The molecule has 0 aliphatic carbocycles. The van der Waals surface area contributed by atoms with Gasteiger partial charge in [-0.05, 0) is 37.3 Å². The van der Waals surface area contributed by atoms with E-state index < -0.39 is 17.6 Å². The van der Waals surface area contributed by atoms with Gasteiger partial charge < -0.3 is 5.32 Å². The zero-order valence-electron chi connectivity index (χ0n) is 10.6. The minimum absolute atomic E-state index is 0.221. The summed E-state index contributed by atoms with van der Waals surface area (Å²) in [5.41, 5.74) is 0.0356. The lowest BCUT2D eigenvalue weighted by atomic mass is 10.1. The Labute approximate surface area is 113 Å². The van der Waals surface area contributed by atoms with Crippen molar-refractivity contribution in [3.05, 3.63) is 47.9 Å².